The Morgan fingerprint density at radius 3 is 3.05 bits per heavy atom. The van der Waals surface area contributed by atoms with Gasteiger partial charge in [0.2, 0.25) is 0 Å². The zero-order valence-corrected chi connectivity index (χ0v) is 9.71. The summed E-state index contributed by atoms with van der Waals surface area (Å²) in [4.78, 5) is 19.7. The molecule has 0 bridgehead atoms. The van der Waals surface area contributed by atoms with Gasteiger partial charge >= 0.3 is 0 Å². The van der Waals surface area contributed by atoms with Crippen molar-refractivity contribution in [3.05, 3.63) is 58.5 Å². The van der Waals surface area contributed by atoms with Gasteiger partial charge in [-0.1, -0.05) is 12.1 Å². The van der Waals surface area contributed by atoms with Gasteiger partial charge in [-0.15, -0.1) is 0 Å². The normalized spacial score (nSPS) is 10.8. The van der Waals surface area contributed by atoms with E-state index >= 15 is 0 Å². The predicted molar refractivity (Wildman–Crippen MR) is 64.3 cm³/mol. The molecule has 0 saturated heterocycles. The summed E-state index contributed by atoms with van der Waals surface area (Å²) >= 11 is 0. The second-order valence-corrected chi connectivity index (χ2v) is 3.83. The van der Waals surface area contributed by atoms with Crippen LogP contribution in [-0.2, 0) is 6.61 Å². The first-order valence-corrected chi connectivity index (χ1v) is 5.53. The Labute approximate surface area is 106 Å². The summed E-state index contributed by atoms with van der Waals surface area (Å²) in [6.45, 7) is -0.000463. The highest BCUT2D eigenvalue weighted by Crippen LogP contribution is 2.16. The van der Waals surface area contributed by atoms with Crippen LogP contribution in [0.3, 0.4) is 0 Å². The van der Waals surface area contributed by atoms with Crippen molar-refractivity contribution in [1.82, 2.24) is 19.6 Å². The first-order chi connectivity index (χ1) is 9.24. The SMILES string of the molecule is O=c1cc(COc2ccccc2F)nc2nc[nH]n12. The lowest BCUT2D eigenvalue weighted by molar-refractivity contribution is 0.286. The highest BCUT2D eigenvalue weighted by atomic mass is 19.1. The number of nitrogens with zero attached hydrogens (tertiary/aromatic N) is 3. The van der Waals surface area contributed by atoms with Crippen LogP contribution in [-0.4, -0.2) is 19.6 Å². The van der Waals surface area contributed by atoms with Crippen molar-refractivity contribution < 1.29 is 9.13 Å². The first kappa shape index (κ1) is 11.4. The third-order valence-corrected chi connectivity index (χ3v) is 2.53. The topological polar surface area (TPSA) is 72.3 Å². The van der Waals surface area contributed by atoms with Crippen molar-refractivity contribution in [1.29, 1.82) is 0 Å². The Bertz CT molecular complexity index is 780. The number of fused-ring (bicyclic) bond motifs is 1. The maximum Gasteiger partial charge on any atom is 0.274 e. The second kappa shape index (κ2) is 4.52. The van der Waals surface area contributed by atoms with E-state index in [4.69, 9.17) is 4.74 Å². The van der Waals surface area contributed by atoms with E-state index in [0.717, 1.165) is 0 Å². The van der Waals surface area contributed by atoms with Crippen molar-refractivity contribution in [2.24, 2.45) is 0 Å². The average Bonchev–Trinajstić information content (AvgIpc) is 2.87. The predicted octanol–water partition coefficient (Wildman–Crippen LogP) is 1.14. The van der Waals surface area contributed by atoms with Crippen LogP contribution in [0.4, 0.5) is 4.39 Å². The summed E-state index contributed by atoms with van der Waals surface area (Å²) in [7, 11) is 0. The fourth-order valence-corrected chi connectivity index (χ4v) is 1.66. The molecule has 2 aromatic heterocycles. The fraction of sp³-hybridized carbons (Fsp3) is 0.0833. The van der Waals surface area contributed by atoms with Crippen LogP contribution >= 0.6 is 0 Å². The molecule has 0 radical (unpaired) electrons. The van der Waals surface area contributed by atoms with Gasteiger partial charge in [0.05, 0.1) is 5.69 Å². The third kappa shape index (κ3) is 2.17. The molecule has 2 heterocycles. The maximum atomic E-state index is 13.3. The van der Waals surface area contributed by atoms with Crippen LogP contribution in [0.2, 0.25) is 0 Å². The number of hydrogen-bond acceptors (Lipinski definition) is 4. The largest absolute Gasteiger partial charge is 0.484 e. The fourth-order valence-electron chi connectivity index (χ4n) is 1.66. The molecule has 1 aromatic carbocycles. The van der Waals surface area contributed by atoms with Crippen LogP contribution in [0.5, 0.6) is 5.75 Å². The molecule has 6 nitrogen and oxygen atoms in total. The highest BCUT2D eigenvalue weighted by molar-refractivity contribution is 5.27. The van der Waals surface area contributed by atoms with Crippen molar-refractivity contribution in [2.75, 3.05) is 0 Å². The molecule has 0 aliphatic rings. The van der Waals surface area contributed by atoms with Crippen molar-refractivity contribution >= 4 is 5.78 Å². The lowest BCUT2D eigenvalue weighted by atomic mass is 10.3. The highest BCUT2D eigenvalue weighted by Gasteiger charge is 2.06. The molecule has 0 aliphatic carbocycles. The monoisotopic (exact) mass is 260 g/mol. The second-order valence-electron chi connectivity index (χ2n) is 3.83. The number of benzene rings is 1. The lowest BCUT2D eigenvalue weighted by Crippen LogP contribution is -2.16. The molecule has 3 rings (SSSR count). The number of ether oxygens (including phenoxy) is 1. The van der Waals surface area contributed by atoms with E-state index in [1.807, 2.05) is 0 Å². The number of para-hydroxylation sites is 1. The molecular formula is C12H9FN4O2. The van der Waals surface area contributed by atoms with E-state index in [1.165, 1.54) is 29.0 Å². The molecule has 0 spiro atoms. The number of nitrogens with one attached hydrogen (secondary N) is 1. The molecular weight excluding hydrogens is 251 g/mol. The number of aromatic amines is 1. The maximum absolute atomic E-state index is 13.3. The molecule has 1 N–H and O–H groups in total. The van der Waals surface area contributed by atoms with Gasteiger partial charge in [-0.25, -0.2) is 14.4 Å². The Hall–Kier alpha value is -2.70. The first-order valence-electron chi connectivity index (χ1n) is 5.53. The van der Waals surface area contributed by atoms with E-state index in [1.54, 1.807) is 12.1 Å². The Morgan fingerprint density at radius 1 is 1.37 bits per heavy atom. The van der Waals surface area contributed by atoms with Crippen molar-refractivity contribution in [3.8, 4) is 5.75 Å². The minimum Gasteiger partial charge on any atom is -0.484 e. The number of aromatic nitrogens is 4. The molecule has 0 amide bonds. The summed E-state index contributed by atoms with van der Waals surface area (Å²) in [5.74, 6) is -0.0915. The van der Waals surface area contributed by atoms with E-state index < -0.39 is 5.82 Å². The zero-order valence-electron chi connectivity index (χ0n) is 9.71. The summed E-state index contributed by atoms with van der Waals surface area (Å²) in [6, 6.07) is 7.36. The number of H-pyrrole nitrogens is 1. The van der Waals surface area contributed by atoms with E-state index in [2.05, 4.69) is 15.1 Å². The average molecular weight is 260 g/mol. The van der Waals surface area contributed by atoms with Gasteiger partial charge in [0.25, 0.3) is 11.3 Å². The van der Waals surface area contributed by atoms with Crippen LogP contribution in [0.1, 0.15) is 5.69 Å². The summed E-state index contributed by atoms with van der Waals surface area (Å²) in [5.41, 5.74) is 0.0926. The number of hydrogen-bond donors (Lipinski definition) is 1. The van der Waals surface area contributed by atoms with Gasteiger partial charge in [0, 0.05) is 6.07 Å². The molecule has 96 valence electrons. The minimum absolute atomic E-state index is 0.000463. The Morgan fingerprint density at radius 2 is 2.21 bits per heavy atom. The molecule has 7 heteroatoms. The van der Waals surface area contributed by atoms with Crippen LogP contribution in [0.25, 0.3) is 5.78 Å². The molecule has 0 fully saturated rings. The van der Waals surface area contributed by atoms with E-state index in [-0.39, 0.29) is 23.7 Å². The summed E-state index contributed by atoms with van der Waals surface area (Å²) in [5, 5.41) is 2.63. The van der Waals surface area contributed by atoms with Crippen molar-refractivity contribution in [2.45, 2.75) is 6.61 Å². The molecule has 0 saturated carbocycles. The smallest absolute Gasteiger partial charge is 0.274 e. The Balaban J connectivity index is 1.86. The summed E-state index contributed by atoms with van der Waals surface area (Å²) < 4.78 is 19.8. The van der Waals surface area contributed by atoms with Gasteiger partial charge in [0.1, 0.15) is 12.9 Å². The molecule has 0 unspecified atom stereocenters. The quantitative estimate of drug-likeness (QED) is 0.766. The molecule has 3 aromatic rings. The van der Waals surface area contributed by atoms with Gasteiger partial charge < -0.3 is 4.74 Å². The molecule has 0 atom stereocenters. The Kier molecular flexibility index (Phi) is 2.71. The van der Waals surface area contributed by atoms with Crippen LogP contribution in [0.15, 0.2) is 41.5 Å². The van der Waals surface area contributed by atoms with Crippen molar-refractivity contribution in [3.63, 3.8) is 0 Å². The van der Waals surface area contributed by atoms with Crippen LogP contribution < -0.4 is 10.3 Å². The number of rotatable bonds is 3. The van der Waals surface area contributed by atoms with Gasteiger partial charge in [-0.05, 0) is 12.1 Å². The molecule has 0 aliphatic heterocycles. The number of halogens is 1. The van der Waals surface area contributed by atoms with Crippen LogP contribution in [0, 0.1) is 5.82 Å². The minimum atomic E-state index is -0.458. The summed E-state index contributed by atoms with van der Waals surface area (Å²) in [6.07, 6.45) is 1.37. The third-order valence-electron chi connectivity index (χ3n) is 2.53. The van der Waals surface area contributed by atoms with E-state index in [9.17, 15) is 9.18 Å². The lowest BCUT2D eigenvalue weighted by Gasteiger charge is -2.06. The van der Waals surface area contributed by atoms with E-state index in [0.29, 0.717) is 5.69 Å². The van der Waals surface area contributed by atoms with Gasteiger partial charge in [-0.2, -0.15) is 4.52 Å². The van der Waals surface area contributed by atoms with Gasteiger partial charge in [0.15, 0.2) is 11.6 Å². The zero-order chi connectivity index (χ0) is 13.2. The van der Waals surface area contributed by atoms with Gasteiger partial charge in [-0.3, -0.25) is 9.89 Å². The standard InChI is InChI=1S/C12H9FN4O2/c13-9-3-1-2-4-10(9)19-6-8-5-11(18)17-12(16-8)14-7-15-17/h1-5,7H,6H2,(H,14,15,16). The molecule has 19 heavy (non-hydrogen) atoms.